The van der Waals surface area contributed by atoms with Gasteiger partial charge in [-0.25, -0.2) is 9.59 Å². The van der Waals surface area contributed by atoms with Crippen LogP contribution in [0, 0.1) is 11.3 Å². The summed E-state index contributed by atoms with van der Waals surface area (Å²) in [5.41, 5.74) is 10.6. The van der Waals surface area contributed by atoms with Crippen LogP contribution in [0.3, 0.4) is 0 Å². The molecule has 35 heavy (non-hydrogen) atoms. The van der Waals surface area contributed by atoms with Gasteiger partial charge in [0, 0.05) is 23.8 Å². The van der Waals surface area contributed by atoms with Crippen molar-refractivity contribution in [1.29, 1.82) is 0 Å². The topological polar surface area (TPSA) is 122 Å². The Labute approximate surface area is 209 Å². The van der Waals surface area contributed by atoms with E-state index in [-0.39, 0.29) is 10.8 Å². The second kappa shape index (κ2) is 12.9. The molecule has 0 spiro atoms. The van der Waals surface area contributed by atoms with Gasteiger partial charge in [-0.1, -0.05) is 57.5 Å². The Balaban J connectivity index is 0.000000466. The second-order valence-electron chi connectivity index (χ2n) is 10.5. The van der Waals surface area contributed by atoms with Gasteiger partial charge in [-0.2, -0.15) is 0 Å². The number of nitrogens with zero attached hydrogens (tertiary/aromatic N) is 1. The number of fused-ring (bicyclic) bond motifs is 3. The molecule has 194 valence electrons. The smallest absolute Gasteiger partial charge is 0.328 e. The van der Waals surface area contributed by atoms with Gasteiger partial charge in [0.1, 0.15) is 6.61 Å². The summed E-state index contributed by atoms with van der Waals surface area (Å²) in [6.45, 7) is 10.9. The number of benzene rings is 1. The van der Waals surface area contributed by atoms with E-state index in [1.165, 1.54) is 37.7 Å². The van der Waals surface area contributed by atoms with Crippen molar-refractivity contribution in [2.45, 2.75) is 84.0 Å². The maximum atomic E-state index is 9.55. The summed E-state index contributed by atoms with van der Waals surface area (Å²) in [5, 5.41) is 20.0. The van der Waals surface area contributed by atoms with Crippen molar-refractivity contribution in [1.82, 2.24) is 0 Å². The highest BCUT2D eigenvalue weighted by Crippen LogP contribution is 2.56. The van der Waals surface area contributed by atoms with E-state index in [0.29, 0.717) is 30.6 Å². The number of oxime groups is 1. The molecule has 0 aromatic heterocycles. The van der Waals surface area contributed by atoms with Gasteiger partial charge in [-0.05, 0) is 79.0 Å². The summed E-state index contributed by atoms with van der Waals surface area (Å²) in [5.74, 6) is -1.28. The predicted molar refractivity (Wildman–Crippen MR) is 139 cm³/mol. The van der Waals surface area contributed by atoms with E-state index in [0.717, 1.165) is 19.4 Å². The molecule has 7 heteroatoms. The number of carboxylic acid groups (broad SMARTS) is 2. The van der Waals surface area contributed by atoms with Gasteiger partial charge in [-0.3, -0.25) is 0 Å². The first-order chi connectivity index (χ1) is 16.5. The molecule has 1 aromatic rings. The number of nitrogens with two attached hydrogens (primary N) is 1. The minimum Gasteiger partial charge on any atom is -0.478 e. The molecule has 1 fully saturated rings. The predicted octanol–water partition coefficient (Wildman–Crippen LogP) is 5.27. The van der Waals surface area contributed by atoms with Gasteiger partial charge in [0.2, 0.25) is 0 Å². The van der Waals surface area contributed by atoms with E-state index >= 15 is 0 Å². The van der Waals surface area contributed by atoms with Crippen LogP contribution >= 0.6 is 0 Å². The third-order valence-electron chi connectivity index (χ3n) is 7.57. The highest BCUT2D eigenvalue weighted by atomic mass is 16.6. The summed E-state index contributed by atoms with van der Waals surface area (Å²) >= 11 is 0. The first kappa shape index (κ1) is 28.6. The molecule has 1 unspecified atom stereocenters. The summed E-state index contributed by atoms with van der Waals surface area (Å²) in [6.07, 6.45) is 11.4. The molecule has 0 aliphatic heterocycles. The van der Waals surface area contributed by atoms with E-state index in [4.69, 9.17) is 20.8 Å². The van der Waals surface area contributed by atoms with Crippen LogP contribution in [0.5, 0.6) is 0 Å². The molecule has 1 aromatic carbocycles. The number of carboxylic acids is 2. The van der Waals surface area contributed by atoms with Gasteiger partial charge >= 0.3 is 11.9 Å². The van der Waals surface area contributed by atoms with Gasteiger partial charge < -0.3 is 20.8 Å². The van der Waals surface area contributed by atoms with Crippen LogP contribution in [0.1, 0.15) is 88.8 Å². The second-order valence-corrected chi connectivity index (χ2v) is 10.5. The van der Waals surface area contributed by atoms with Crippen LogP contribution in [0.4, 0.5) is 0 Å². The Kier molecular flexibility index (Phi) is 10.5. The van der Waals surface area contributed by atoms with Crippen LogP contribution in [0.2, 0.25) is 0 Å². The number of hydrogen-bond donors (Lipinski definition) is 3. The SMILES string of the molecule is CC(C)c1ccc2c(c1)CCC1[C@@](C)(/C=N/OCCCCN)CCC[C@]21C.O=C(O)/C=C/C(=O)O. The van der Waals surface area contributed by atoms with Crippen LogP contribution in [-0.4, -0.2) is 41.5 Å². The summed E-state index contributed by atoms with van der Waals surface area (Å²) < 4.78 is 0. The third kappa shape index (κ3) is 7.66. The van der Waals surface area contributed by atoms with Crippen LogP contribution < -0.4 is 5.73 Å². The monoisotopic (exact) mass is 486 g/mol. The number of unbranched alkanes of at least 4 members (excludes halogenated alkanes) is 1. The molecular formula is C28H42N2O5. The summed E-state index contributed by atoms with van der Waals surface area (Å²) in [4.78, 5) is 24.6. The standard InChI is InChI=1S/C24H38N2O.C4H4O4/c1-18(2)19-8-10-21-20(16-19)9-11-22-23(3,12-7-13-24(21,22)4)17-26-27-15-6-5-14-25;5-3(6)1-2-4(7)8/h8,10,16-18,22H,5-7,9,11-15,25H2,1-4H3;1-2H,(H,5,6)(H,7,8)/b26-17+;2-1+/t22?,23-,24-;/m1./s1. The Bertz CT molecular complexity index is 910. The minimum atomic E-state index is -1.26. The first-order valence-corrected chi connectivity index (χ1v) is 12.7. The largest absolute Gasteiger partial charge is 0.478 e. The highest BCUT2D eigenvalue weighted by molar-refractivity contribution is 5.89. The van der Waals surface area contributed by atoms with E-state index in [1.807, 2.05) is 0 Å². The van der Waals surface area contributed by atoms with Crippen molar-refractivity contribution in [3.63, 3.8) is 0 Å². The number of aryl methyl sites for hydroxylation is 1. The minimum absolute atomic E-state index is 0.120. The van der Waals surface area contributed by atoms with E-state index in [2.05, 4.69) is 57.3 Å². The average molecular weight is 487 g/mol. The fourth-order valence-electron chi connectivity index (χ4n) is 5.74. The van der Waals surface area contributed by atoms with Gasteiger partial charge in [0.25, 0.3) is 0 Å². The quantitative estimate of drug-likeness (QED) is 0.189. The van der Waals surface area contributed by atoms with Crippen molar-refractivity contribution >= 4 is 18.2 Å². The maximum absolute atomic E-state index is 9.55. The Morgan fingerprint density at radius 2 is 1.86 bits per heavy atom. The molecular weight excluding hydrogens is 444 g/mol. The molecule has 2 aliphatic carbocycles. The fraction of sp³-hybridized carbons (Fsp3) is 0.607. The van der Waals surface area contributed by atoms with Crippen LogP contribution in [0.15, 0.2) is 35.5 Å². The number of hydrogen-bond acceptors (Lipinski definition) is 5. The average Bonchev–Trinajstić information content (AvgIpc) is 2.80. The normalized spacial score (nSPS) is 25.6. The Hall–Kier alpha value is -2.67. The zero-order valence-electron chi connectivity index (χ0n) is 21.6. The maximum Gasteiger partial charge on any atom is 0.328 e. The molecule has 0 amide bonds. The zero-order chi connectivity index (χ0) is 26.1. The van der Waals surface area contributed by atoms with Crippen molar-refractivity contribution in [3.05, 3.63) is 47.0 Å². The lowest BCUT2D eigenvalue weighted by Crippen LogP contribution is -2.49. The molecule has 0 saturated heterocycles. The van der Waals surface area contributed by atoms with Crippen LogP contribution in [-0.2, 0) is 26.3 Å². The molecule has 3 atom stereocenters. The third-order valence-corrected chi connectivity index (χ3v) is 7.57. The first-order valence-electron chi connectivity index (χ1n) is 12.7. The molecule has 1 saturated carbocycles. The van der Waals surface area contributed by atoms with Gasteiger partial charge in [-0.15, -0.1) is 0 Å². The highest BCUT2D eigenvalue weighted by Gasteiger charge is 2.51. The zero-order valence-corrected chi connectivity index (χ0v) is 21.6. The van der Waals surface area contributed by atoms with E-state index < -0.39 is 11.9 Å². The molecule has 2 aliphatic rings. The molecule has 4 N–H and O–H groups in total. The number of rotatable bonds is 9. The van der Waals surface area contributed by atoms with Crippen molar-refractivity contribution in [2.24, 2.45) is 22.2 Å². The lowest BCUT2D eigenvalue weighted by Gasteiger charge is -2.54. The summed E-state index contributed by atoms with van der Waals surface area (Å²) in [6, 6.07) is 7.27. The molecule has 7 nitrogen and oxygen atoms in total. The van der Waals surface area contributed by atoms with Crippen molar-refractivity contribution in [2.75, 3.05) is 13.2 Å². The Morgan fingerprint density at radius 1 is 1.17 bits per heavy atom. The van der Waals surface area contributed by atoms with Crippen molar-refractivity contribution < 1.29 is 24.6 Å². The van der Waals surface area contributed by atoms with Gasteiger partial charge in [0.15, 0.2) is 0 Å². The lowest BCUT2D eigenvalue weighted by atomic mass is 9.50. The van der Waals surface area contributed by atoms with E-state index in [9.17, 15) is 9.59 Å². The van der Waals surface area contributed by atoms with Crippen LogP contribution in [0.25, 0.3) is 0 Å². The molecule has 0 bridgehead atoms. The summed E-state index contributed by atoms with van der Waals surface area (Å²) in [7, 11) is 0. The number of carbonyl (C=O) groups is 2. The number of aliphatic carboxylic acids is 2. The molecule has 0 heterocycles. The lowest BCUT2D eigenvalue weighted by molar-refractivity contribution is -0.134. The fourth-order valence-corrected chi connectivity index (χ4v) is 5.74. The van der Waals surface area contributed by atoms with E-state index in [1.54, 1.807) is 11.1 Å². The molecule has 3 rings (SSSR count). The van der Waals surface area contributed by atoms with Gasteiger partial charge in [0.05, 0.1) is 0 Å². The Morgan fingerprint density at radius 3 is 2.46 bits per heavy atom. The molecule has 0 radical (unpaired) electrons. The van der Waals surface area contributed by atoms with Crippen molar-refractivity contribution in [3.8, 4) is 0 Å².